The zero-order chi connectivity index (χ0) is 13.4. The molecule has 0 bridgehead atoms. The first kappa shape index (κ1) is 13.8. The van der Waals surface area contributed by atoms with Crippen molar-refractivity contribution in [2.45, 2.75) is 31.3 Å². The molecule has 4 heteroatoms. The van der Waals surface area contributed by atoms with Crippen LogP contribution in [0.1, 0.15) is 47.3 Å². The van der Waals surface area contributed by atoms with Gasteiger partial charge in [-0.1, -0.05) is 30.7 Å². The van der Waals surface area contributed by atoms with Gasteiger partial charge < -0.3 is 5.11 Å². The molecule has 1 atom stereocenters. The number of hydrogen-bond donors (Lipinski definition) is 1. The van der Waals surface area contributed by atoms with Crippen molar-refractivity contribution in [2.75, 3.05) is 0 Å². The Balaban J connectivity index is 1.96. The van der Waals surface area contributed by atoms with E-state index in [4.69, 9.17) is 0 Å². The summed E-state index contributed by atoms with van der Waals surface area (Å²) in [5, 5.41) is 10.6. The molecule has 0 saturated heterocycles. The van der Waals surface area contributed by atoms with Gasteiger partial charge >= 0.3 is 0 Å². The van der Waals surface area contributed by atoms with E-state index >= 15 is 0 Å². The first-order valence-electron chi connectivity index (χ1n) is 6.38. The van der Waals surface area contributed by atoms with Crippen molar-refractivity contribution < 1.29 is 5.11 Å². The summed E-state index contributed by atoms with van der Waals surface area (Å²) >= 11 is 8.55. The number of aliphatic hydroxyl groups excluding tert-OH is 1. The third-order valence-corrected chi connectivity index (χ3v) is 7.08. The Kier molecular flexibility index (Phi) is 4.13. The van der Waals surface area contributed by atoms with Crippen molar-refractivity contribution in [3.63, 3.8) is 0 Å². The number of benzene rings is 1. The highest BCUT2D eigenvalue weighted by molar-refractivity contribution is 9.13. The maximum Gasteiger partial charge on any atom is 0.114 e. The fraction of sp³-hybridized carbons (Fsp3) is 0.333. The molecule has 1 saturated carbocycles. The SMILES string of the molecule is OC(c1cc(Br)c(Br)s1)c1ccccc1C1CCC1. The maximum atomic E-state index is 10.6. The van der Waals surface area contributed by atoms with Crippen molar-refractivity contribution in [3.8, 4) is 0 Å². The van der Waals surface area contributed by atoms with Crippen LogP contribution >= 0.6 is 43.2 Å². The zero-order valence-electron chi connectivity index (χ0n) is 10.3. The van der Waals surface area contributed by atoms with Gasteiger partial charge in [-0.2, -0.15) is 0 Å². The fourth-order valence-electron chi connectivity index (χ4n) is 2.50. The first-order chi connectivity index (χ1) is 9.16. The Morgan fingerprint density at radius 2 is 1.95 bits per heavy atom. The summed E-state index contributed by atoms with van der Waals surface area (Å²) in [6, 6.07) is 10.3. The molecule has 1 N–H and O–H groups in total. The highest BCUT2D eigenvalue weighted by atomic mass is 79.9. The first-order valence-corrected chi connectivity index (χ1v) is 8.78. The molecule has 1 aromatic heterocycles. The van der Waals surface area contributed by atoms with Crippen LogP contribution in [0.25, 0.3) is 0 Å². The van der Waals surface area contributed by atoms with E-state index in [1.807, 2.05) is 12.1 Å². The summed E-state index contributed by atoms with van der Waals surface area (Å²) in [7, 11) is 0. The molecule has 1 nitrogen and oxygen atoms in total. The molecule has 0 spiro atoms. The van der Waals surface area contributed by atoms with Crippen molar-refractivity contribution in [2.24, 2.45) is 0 Å². The van der Waals surface area contributed by atoms with Crippen LogP contribution in [0.2, 0.25) is 0 Å². The van der Waals surface area contributed by atoms with Gasteiger partial charge in [0, 0.05) is 9.35 Å². The Labute approximate surface area is 133 Å². The normalized spacial score (nSPS) is 17.2. The number of hydrogen-bond acceptors (Lipinski definition) is 2. The minimum absolute atomic E-state index is 0.524. The molecule has 0 amide bonds. The van der Waals surface area contributed by atoms with Crippen LogP contribution in [-0.2, 0) is 0 Å². The standard InChI is InChI=1S/C15H14Br2OS/c16-12-8-13(19-15(12)17)14(18)11-7-2-1-6-10(11)9-4-3-5-9/h1-2,6-9,14,18H,3-5H2. The number of thiophene rings is 1. The lowest BCUT2D eigenvalue weighted by atomic mass is 9.77. The molecular weight excluding hydrogens is 388 g/mol. The largest absolute Gasteiger partial charge is 0.383 e. The lowest BCUT2D eigenvalue weighted by molar-refractivity contribution is 0.221. The van der Waals surface area contributed by atoms with Gasteiger partial charge in [0.15, 0.2) is 0 Å². The molecule has 1 fully saturated rings. The van der Waals surface area contributed by atoms with Gasteiger partial charge in [0.2, 0.25) is 0 Å². The van der Waals surface area contributed by atoms with Crippen molar-refractivity contribution >= 4 is 43.2 Å². The summed E-state index contributed by atoms with van der Waals surface area (Å²) in [6.07, 6.45) is 3.29. The molecular formula is C15H14Br2OS. The van der Waals surface area contributed by atoms with Gasteiger partial charge in [-0.15, -0.1) is 11.3 Å². The molecule has 1 heterocycles. The van der Waals surface area contributed by atoms with E-state index in [9.17, 15) is 5.11 Å². The zero-order valence-corrected chi connectivity index (χ0v) is 14.3. The van der Waals surface area contributed by atoms with Crippen molar-refractivity contribution in [1.82, 2.24) is 0 Å². The second kappa shape index (κ2) is 5.68. The van der Waals surface area contributed by atoms with E-state index < -0.39 is 6.10 Å². The van der Waals surface area contributed by atoms with E-state index in [1.165, 1.54) is 24.8 Å². The molecule has 2 aromatic rings. The maximum absolute atomic E-state index is 10.6. The van der Waals surface area contributed by atoms with E-state index in [2.05, 4.69) is 50.1 Å². The van der Waals surface area contributed by atoms with Gasteiger partial charge in [-0.05, 0) is 67.8 Å². The summed E-state index contributed by atoms with van der Waals surface area (Å²) in [5.41, 5.74) is 2.38. The van der Waals surface area contributed by atoms with E-state index in [-0.39, 0.29) is 0 Å². The molecule has 1 aliphatic rings. The highest BCUT2D eigenvalue weighted by Crippen LogP contribution is 2.43. The number of rotatable bonds is 3. The Morgan fingerprint density at radius 3 is 2.53 bits per heavy atom. The molecule has 100 valence electrons. The third kappa shape index (κ3) is 2.68. The highest BCUT2D eigenvalue weighted by Gasteiger charge is 2.25. The smallest absolute Gasteiger partial charge is 0.114 e. The summed E-state index contributed by atoms with van der Waals surface area (Å²) in [4.78, 5) is 0.977. The third-order valence-electron chi connectivity index (χ3n) is 3.77. The minimum atomic E-state index is -0.524. The predicted molar refractivity (Wildman–Crippen MR) is 86.8 cm³/mol. The minimum Gasteiger partial charge on any atom is -0.383 e. The fourth-order valence-corrected chi connectivity index (χ4v) is 4.60. The molecule has 0 aliphatic heterocycles. The summed E-state index contributed by atoms with van der Waals surface area (Å²) in [5.74, 6) is 0.637. The van der Waals surface area contributed by atoms with Crippen molar-refractivity contribution in [3.05, 3.63) is 54.6 Å². The quantitative estimate of drug-likeness (QED) is 0.707. The molecule has 19 heavy (non-hydrogen) atoms. The van der Waals surface area contributed by atoms with Crippen LogP contribution in [0.3, 0.4) is 0 Å². The second-order valence-electron chi connectivity index (χ2n) is 4.93. The van der Waals surface area contributed by atoms with Crippen LogP contribution in [0.5, 0.6) is 0 Å². The lowest BCUT2D eigenvalue weighted by Gasteiger charge is -2.29. The van der Waals surface area contributed by atoms with Gasteiger partial charge in [-0.3, -0.25) is 0 Å². The molecule has 1 aliphatic carbocycles. The topological polar surface area (TPSA) is 20.2 Å². The Hall–Kier alpha value is -0.160. The van der Waals surface area contributed by atoms with Crippen LogP contribution in [0.4, 0.5) is 0 Å². The predicted octanol–water partition coefficient (Wildman–Crippen LogP) is 5.62. The monoisotopic (exact) mass is 400 g/mol. The average molecular weight is 402 g/mol. The second-order valence-corrected chi connectivity index (χ2v) is 8.19. The van der Waals surface area contributed by atoms with Gasteiger partial charge in [0.05, 0.1) is 3.79 Å². The molecule has 3 rings (SSSR count). The van der Waals surface area contributed by atoms with Gasteiger partial charge in [0.1, 0.15) is 6.10 Å². The van der Waals surface area contributed by atoms with Crippen LogP contribution in [0, 0.1) is 0 Å². The molecule has 1 aromatic carbocycles. The summed E-state index contributed by atoms with van der Waals surface area (Å²) in [6.45, 7) is 0. The number of halogens is 2. The van der Waals surface area contributed by atoms with Crippen molar-refractivity contribution in [1.29, 1.82) is 0 Å². The average Bonchev–Trinajstić information content (AvgIpc) is 2.67. The molecule has 1 unspecified atom stereocenters. The van der Waals surface area contributed by atoms with E-state index in [1.54, 1.807) is 11.3 Å². The van der Waals surface area contributed by atoms with Crippen LogP contribution < -0.4 is 0 Å². The molecule has 0 radical (unpaired) electrons. The van der Waals surface area contributed by atoms with Crippen LogP contribution in [0.15, 0.2) is 38.6 Å². The Morgan fingerprint density at radius 1 is 1.21 bits per heavy atom. The van der Waals surface area contributed by atoms with E-state index in [0.29, 0.717) is 5.92 Å². The number of aliphatic hydroxyl groups is 1. The van der Waals surface area contributed by atoms with Gasteiger partial charge in [-0.25, -0.2) is 0 Å². The van der Waals surface area contributed by atoms with E-state index in [0.717, 1.165) is 18.7 Å². The van der Waals surface area contributed by atoms with Gasteiger partial charge in [0.25, 0.3) is 0 Å². The van der Waals surface area contributed by atoms with Crippen LogP contribution in [-0.4, -0.2) is 5.11 Å². The Bertz CT molecular complexity index is 570. The lowest BCUT2D eigenvalue weighted by Crippen LogP contribution is -2.13. The summed E-state index contributed by atoms with van der Waals surface area (Å²) < 4.78 is 2.04.